The molecular formula is C11H10N2O4S. The van der Waals surface area contributed by atoms with Gasteiger partial charge in [-0.05, 0) is 30.2 Å². The second kappa shape index (κ2) is 4.36. The zero-order valence-corrected chi connectivity index (χ0v) is 10.4. The van der Waals surface area contributed by atoms with Gasteiger partial charge < -0.3 is 4.90 Å². The van der Waals surface area contributed by atoms with E-state index in [-0.39, 0.29) is 10.8 Å². The average molecular weight is 266 g/mol. The highest BCUT2D eigenvalue weighted by molar-refractivity contribution is 7.90. The Morgan fingerprint density at radius 3 is 2.78 bits per heavy atom. The van der Waals surface area contributed by atoms with E-state index in [9.17, 15) is 18.0 Å². The Kier molecular flexibility index (Phi) is 3.02. The Labute approximate surface area is 104 Å². The predicted molar refractivity (Wildman–Crippen MR) is 63.5 cm³/mol. The van der Waals surface area contributed by atoms with Gasteiger partial charge in [0, 0.05) is 19.2 Å². The van der Waals surface area contributed by atoms with Crippen molar-refractivity contribution in [3.8, 4) is 0 Å². The summed E-state index contributed by atoms with van der Waals surface area (Å²) in [5, 5.41) is 0. The lowest BCUT2D eigenvalue weighted by Gasteiger charge is -2.14. The van der Waals surface area contributed by atoms with E-state index in [0.29, 0.717) is 18.7 Å². The van der Waals surface area contributed by atoms with Gasteiger partial charge in [0.25, 0.3) is 16.1 Å². The first kappa shape index (κ1) is 12.5. The van der Waals surface area contributed by atoms with Crippen LogP contribution in [0.1, 0.15) is 12.5 Å². The van der Waals surface area contributed by atoms with Crippen LogP contribution in [0.25, 0.3) is 0 Å². The number of carbonyl (C=O) groups is 1. The molecule has 2 rings (SSSR count). The summed E-state index contributed by atoms with van der Waals surface area (Å²) in [6, 6.07) is 4.32. The molecule has 1 amide bonds. The summed E-state index contributed by atoms with van der Waals surface area (Å²) in [4.78, 5) is 22.9. The van der Waals surface area contributed by atoms with Crippen LogP contribution in [-0.2, 0) is 26.0 Å². The lowest BCUT2D eigenvalue weighted by atomic mass is 10.2. The van der Waals surface area contributed by atoms with E-state index in [0.717, 1.165) is 11.6 Å². The second-order valence-corrected chi connectivity index (χ2v) is 5.47. The Bertz CT molecular complexity index is 660. The van der Waals surface area contributed by atoms with E-state index in [1.165, 1.54) is 19.1 Å². The molecule has 0 spiro atoms. The van der Waals surface area contributed by atoms with Gasteiger partial charge in [-0.3, -0.25) is 4.79 Å². The van der Waals surface area contributed by atoms with Crippen LogP contribution in [-0.4, -0.2) is 26.9 Å². The lowest BCUT2D eigenvalue weighted by molar-refractivity contribution is -0.116. The third-order valence-electron chi connectivity index (χ3n) is 2.78. The molecule has 0 saturated heterocycles. The zero-order valence-electron chi connectivity index (χ0n) is 9.58. The smallest absolute Gasteiger partial charge is 0.292 e. The summed E-state index contributed by atoms with van der Waals surface area (Å²) in [7, 11) is -3.97. The monoisotopic (exact) mass is 266 g/mol. The molecule has 0 atom stereocenters. The first-order valence-electron chi connectivity index (χ1n) is 5.21. The van der Waals surface area contributed by atoms with Crippen molar-refractivity contribution in [2.45, 2.75) is 18.2 Å². The molecule has 1 aromatic carbocycles. The zero-order chi connectivity index (χ0) is 13.3. The SMILES string of the molecule is CC(=O)N1CCc2cc(S(=O)(=O)N=C=O)ccc21. The van der Waals surface area contributed by atoms with E-state index < -0.39 is 10.0 Å². The van der Waals surface area contributed by atoms with Gasteiger partial charge in [0.2, 0.25) is 5.91 Å². The molecule has 1 heterocycles. The number of fused-ring (bicyclic) bond motifs is 1. The van der Waals surface area contributed by atoms with Crippen LogP contribution in [0.15, 0.2) is 27.5 Å². The van der Waals surface area contributed by atoms with Crippen LogP contribution in [0.5, 0.6) is 0 Å². The average Bonchev–Trinajstić information content (AvgIpc) is 2.71. The maximum atomic E-state index is 11.5. The molecule has 0 unspecified atom stereocenters. The van der Waals surface area contributed by atoms with Crippen molar-refractivity contribution >= 4 is 27.7 Å². The topological polar surface area (TPSA) is 83.9 Å². The molecule has 0 aromatic heterocycles. The van der Waals surface area contributed by atoms with Crippen LogP contribution in [0, 0.1) is 0 Å². The van der Waals surface area contributed by atoms with E-state index >= 15 is 0 Å². The maximum Gasteiger partial charge on any atom is 0.292 e. The Balaban J connectivity index is 2.48. The van der Waals surface area contributed by atoms with Crippen LogP contribution >= 0.6 is 0 Å². The van der Waals surface area contributed by atoms with E-state index in [4.69, 9.17) is 0 Å². The quantitative estimate of drug-likeness (QED) is 0.580. The highest BCUT2D eigenvalue weighted by atomic mass is 32.2. The molecule has 0 aliphatic carbocycles. The maximum absolute atomic E-state index is 11.5. The first-order valence-corrected chi connectivity index (χ1v) is 6.65. The van der Waals surface area contributed by atoms with Crippen LogP contribution < -0.4 is 4.90 Å². The van der Waals surface area contributed by atoms with Gasteiger partial charge in [-0.25, -0.2) is 4.79 Å². The van der Waals surface area contributed by atoms with Crippen molar-refractivity contribution in [1.29, 1.82) is 0 Å². The Morgan fingerprint density at radius 2 is 2.17 bits per heavy atom. The Hall–Kier alpha value is -1.98. The minimum absolute atomic E-state index is 0.0602. The van der Waals surface area contributed by atoms with Crippen molar-refractivity contribution in [3.63, 3.8) is 0 Å². The number of anilines is 1. The van der Waals surface area contributed by atoms with Gasteiger partial charge in [-0.2, -0.15) is 8.42 Å². The summed E-state index contributed by atoms with van der Waals surface area (Å²) in [6.07, 6.45) is 1.61. The molecule has 6 nitrogen and oxygen atoms in total. The lowest BCUT2D eigenvalue weighted by Crippen LogP contribution is -2.25. The first-order chi connectivity index (χ1) is 8.45. The Morgan fingerprint density at radius 1 is 1.44 bits per heavy atom. The molecule has 0 saturated carbocycles. The molecule has 1 aliphatic rings. The van der Waals surface area contributed by atoms with Gasteiger partial charge >= 0.3 is 0 Å². The molecule has 0 fully saturated rings. The number of sulfonamides is 1. The number of rotatable bonds is 2. The van der Waals surface area contributed by atoms with Crippen LogP contribution in [0.4, 0.5) is 5.69 Å². The molecule has 0 N–H and O–H groups in total. The van der Waals surface area contributed by atoms with Crippen molar-refractivity contribution in [1.82, 2.24) is 0 Å². The fraction of sp³-hybridized carbons (Fsp3) is 0.273. The van der Waals surface area contributed by atoms with Gasteiger partial charge in [-0.15, -0.1) is 0 Å². The summed E-state index contributed by atoms with van der Waals surface area (Å²) in [5.74, 6) is -0.0877. The van der Waals surface area contributed by atoms with Gasteiger partial charge in [0.1, 0.15) is 0 Å². The molecule has 1 aromatic rings. The third kappa shape index (κ3) is 2.05. The molecule has 0 bridgehead atoms. The second-order valence-electron chi connectivity index (χ2n) is 3.87. The van der Waals surface area contributed by atoms with Crippen molar-refractivity contribution in [2.24, 2.45) is 4.40 Å². The number of carbonyl (C=O) groups excluding carboxylic acids is 2. The third-order valence-corrected chi connectivity index (χ3v) is 3.95. The largest absolute Gasteiger partial charge is 0.312 e. The molecule has 18 heavy (non-hydrogen) atoms. The highest BCUT2D eigenvalue weighted by Gasteiger charge is 2.24. The van der Waals surface area contributed by atoms with Crippen molar-refractivity contribution < 1.29 is 18.0 Å². The van der Waals surface area contributed by atoms with E-state index in [2.05, 4.69) is 4.40 Å². The number of isocyanates is 1. The molecule has 0 radical (unpaired) electrons. The molecule has 94 valence electrons. The summed E-state index contributed by atoms with van der Waals surface area (Å²) >= 11 is 0. The number of nitrogens with zero attached hydrogens (tertiary/aromatic N) is 2. The highest BCUT2D eigenvalue weighted by Crippen LogP contribution is 2.30. The number of hydrogen-bond donors (Lipinski definition) is 0. The minimum Gasteiger partial charge on any atom is -0.312 e. The molecular weight excluding hydrogens is 256 g/mol. The summed E-state index contributed by atoms with van der Waals surface area (Å²) in [5.41, 5.74) is 1.46. The van der Waals surface area contributed by atoms with Gasteiger partial charge in [0.15, 0.2) is 0 Å². The fourth-order valence-electron chi connectivity index (χ4n) is 1.97. The fourth-order valence-corrected chi connectivity index (χ4v) is 2.70. The molecule has 7 heteroatoms. The standard InChI is InChI=1S/C11H10N2O4S/c1-8(15)13-5-4-9-6-10(2-3-11(9)13)18(16,17)12-7-14/h2-3,6H,4-5H2,1H3. The van der Waals surface area contributed by atoms with Crippen molar-refractivity contribution in [2.75, 3.05) is 11.4 Å². The predicted octanol–water partition coefficient (Wildman–Crippen LogP) is 0.620. The van der Waals surface area contributed by atoms with Gasteiger partial charge in [0.05, 0.1) is 4.90 Å². The number of benzene rings is 1. The molecule has 1 aliphatic heterocycles. The minimum atomic E-state index is -3.97. The normalized spacial score (nSPS) is 13.9. The van der Waals surface area contributed by atoms with E-state index in [1.807, 2.05) is 0 Å². The van der Waals surface area contributed by atoms with E-state index in [1.54, 1.807) is 11.0 Å². The van der Waals surface area contributed by atoms with Crippen LogP contribution in [0.2, 0.25) is 0 Å². The van der Waals surface area contributed by atoms with Crippen molar-refractivity contribution in [3.05, 3.63) is 23.8 Å². The van der Waals surface area contributed by atoms with Gasteiger partial charge in [-0.1, -0.05) is 4.40 Å². The summed E-state index contributed by atoms with van der Waals surface area (Å²) in [6.45, 7) is 1.99. The number of amides is 1. The van der Waals surface area contributed by atoms with Crippen LogP contribution in [0.3, 0.4) is 0 Å². The summed E-state index contributed by atoms with van der Waals surface area (Å²) < 4.78 is 25.9. The number of hydrogen-bond acceptors (Lipinski definition) is 4.